The third-order valence-corrected chi connectivity index (χ3v) is 2.60. The number of nitrogens with zero attached hydrogens (tertiary/aromatic N) is 1. The van der Waals surface area contributed by atoms with Gasteiger partial charge in [-0.15, -0.1) is 0 Å². The van der Waals surface area contributed by atoms with Crippen LogP contribution >= 0.6 is 0 Å². The van der Waals surface area contributed by atoms with Crippen molar-refractivity contribution in [1.29, 1.82) is 0 Å². The first-order valence-corrected chi connectivity index (χ1v) is 5.07. The van der Waals surface area contributed by atoms with Gasteiger partial charge in [-0.05, 0) is 11.6 Å². The second-order valence-corrected chi connectivity index (χ2v) is 4.34. The molecule has 0 aliphatic carbocycles. The van der Waals surface area contributed by atoms with Gasteiger partial charge in [-0.3, -0.25) is 10.1 Å². The summed E-state index contributed by atoms with van der Waals surface area (Å²) in [6.07, 6.45) is 0. The molecule has 6 nitrogen and oxygen atoms in total. The topological polar surface area (TPSA) is 87.6 Å². The van der Waals surface area contributed by atoms with Gasteiger partial charge < -0.3 is 9.57 Å². The lowest BCUT2D eigenvalue weighted by atomic mass is 9.85. The Morgan fingerprint density at radius 2 is 2.12 bits per heavy atom. The van der Waals surface area contributed by atoms with Crippen LogP contribution in [-0.4, -0.2) is 18.6 Å². The van der Waals surface area contributed by atoms with Crippen molar-refractivity contribution >= 4 is 5.69 Å². The quantitative estimate of drug-likeness (QED) is 0.626. The van der Waals surface area contributed by atoms with Crippen LogP contribution < -0.4 is 10.6 Å². The summed E-state index contributed by atoms with van der Waals surface area (Å²) in [5, 5.41) is 10.9. The van der Waals surface area contributed by atoms with Crippen LogP contribution in [0.25, 0.3) is 0 Å². The average molecular weight is 240 g/mol. The van der Waals surface area contributed by atoms with E-state index in [-0.39, 0.29) is 18.0 Å². The minimum Gasteiger partial charge on any atom is -0.490 e. The van der Waals surface area contributed by atoms with E-state index in [0.717, 1.165) is 5.56 Å². The summed E-state index contributed by atoms with van der Waals surface area (Å²) in [5.41, 5.74) is 0.316. The Kier molecular flexibility index (Phi) is 4.03. The van der Waals surface area contributed by atoms with Crippen LogP contribution in [0.2, 0.25) is 0 Å². The van der Waals surface area contributed by atoms with E-state index in [9.17, 15) is 10.1 Å². The van der Waals surface area contributed by atoms with Crippen molar-refractivity contribution in [3.05, 3.63) is 33.9 Å². The highest BCUT2D eigenvalue weighted by Crippen LogP contribution is 2.32. The van der Waals surface area contributed by atoms with E-state index < -0.39 is 10.3 Å². The molecule has 0 bridgehead atoms. The highest BCUT2D eigenvalue weighted by molar-refractivity contribution is 5.50. The first kappa shape index (κ1) is 13.4. The third-order valence-electron chi connectivity index (χ3n) is 2.60. The summed E-state index contributed by atoms with van der Waals surface area (Å²) >= 11 is 0. The van der Waals surface area contributed by atoms with Crippen molar-refractivity contribution in [1.82, 2.24) is 0 Å². The number of benzene rings is 1. The summed E-state index contributed by atoms with van der Waals surface area (Å²) in [6.45, 7) is 4.06. The van der Waals surface area contributed by atoms with Crippen LogP contribution in [0.3, 0.4) is 0 Å². The van der Waals surface area contributed by atoms with Crippen LogP contribution in [0, 0.1) is 10.1 Å². The minimum atomic E-state index is -0.471. The zero-order valence-electron chi connectivity index (χ0n) is 10.1. The summed E-state index contributed by atoms with van der Waals surface area (Å²) in [4.78, 5) is 15.0. The molecule has 0 unspecified atom stereocenters. The summed E-state index contributed by atoms with van der Waals surface area (Å²) in [5.74, 6) is 5.29. The molecule has 0 aliphatic heterocycles. The molecule has 0 aromatic heterocycles. The Labute approximate surface area is 99.4 Å². The highest BCUT2D eigenvalue weighted by Gasteiger charge is 2.25. The summed E-state index contributed by atoms with van der Waals surface area (Å²) < 4.78 is 4.94. The summed E-state index contributed by atoms with van der Waals surface area (Å²) in [7, 11) is 1.40. The van der Waals surface area contributed by atoms with Crippen LogP contribution in [0.15, 0.2) is 18.2 Å². The van der Waals surface area contributed by atoms with Gasteiger partial charge in [0, 0.05) is 11.5 Å². The fourth-order valence-electron chi connectivity index (χ4n) is 1.55. The number of nitro benzene ring substituents is 1. The molecule has 0 saturated carbocycles. The number of ether oxygens (including phenoxy) is 1. The van der Waals surface area contributed by atoms with Gasteiger partial charge in [-0.2, -0.15) is 0 Å². The molecule has 1 aromatic carbocycles. The van der Waals surface area contributed by atoms with Gasteiger partial charge in [0.2, 0.25) is 0 Å². The van der Waals surface area contributed by atoms with E-state index in [1.807, 2.05) is 13.8 Å². The molecule has 0 heterocycles. The van der Waals surface area contributed by atoms with Crippen LogP contribution in [0.4, 0.5) is 5.69 Å². The van der Waals surface area contributed by atoms with E-state index in [1.165, 1.54) is 13.2 Å². The Morgan fingerprint density at radius 1 is 1.47 bits per heavy atom. The van der Waals surface area contributed by atoms with E-state index in [2.05, 4.69) is 4.84 Å². The zero-order chi connectivity index (χ0) is 13.1. The molecule has 0 radical (unpaired) electrons. The van der Waals surface area contributed by atoms with Crippen molar-refractivity contribution < 1.29 is 14.5 Å². The molecule has 0 saturated heterocycles. The van der Waals surface area contributed by atoms with Gasteiger partial charge in [0.1, 0.15) is 0 Å². The van der Waals surface area contributed by atoms with Gasteiger partial charge >= 0.3 is 5.69 Å². The van der Waals surface area contributed by atoms with Gasteiger partial charge in [-0.1, -0.05) is 19.9 Å². The van der Waals surface area contributed by atoms with Crippen molar-refractivity contribution in [2.24, 2.45) is 5.90 Å². The molecule has 0 spiro atoms. The molecule has 0 amide bonds. The maximum absolute atomic E-state index is 10.9. The van der Waals surface area contributed by atoms with E-state index in [4.69, 9.17) is 10.6 Å². The van der Waals surface area contributed by atoms with Crippen LogP contribution in [0.1, 0.15) is 19.4 Å². The molecule has 0 atom stereocenters. The number of hydrogen-bond donors (Lipinski definition) is 1. The van der Waals surface area contributed by atoms with E-state index in [1.54, 1.807) is 12.1 Å². The lowest BCUT2D eigenvalue weighted by molar-refractivity contribution is -0.385. The average Bonchev–Trinajstić information content (AvgIpc) is 2.28. The van der Waals surface area contributed by atoms with E-state index >= 15 is 0 Å². The third kappa shape index (κ3) is 2.92. The second-order valence-electron chi connectivity index (χ2n) is 4.34. The lowest BCUT2D eigenvalue weighted by Crippen LogP contribution is -2.26. The first-order valence-electron chi connectivity index (χ1n) is 5.07. The fraction of sp³-hybridized carbons (Fsp3) is 0.455. The number of rotatable bonds is 5. The first-order chi connectivity index (χ1) is 7.92. The molecule has 0 aliphatic rings. The highest BCUT2D eigenvalue weighted by atomic mass is 16.6. The number of nitro groups is 1. The maximum atomic E-state index is 10.9. The van der Waals surface area contributed by atoms with Crippen molar-refractivity contribution in [3.8, 4) is 5.75 Å². The van der Waals surface area contributed by atoms with Gasteiger partial charge in [0.05, 0.1) is 18.6 Å². The number of hydrogen-bond acceptors (Lipinski definition) is 5. The molecular weight excluding hydrogens is 224 g/mol. The molecular formula is C11H16N2O4. The zero-order valence-corrected chi connectivity index (χ0v) is 10.1. The number of methoxy groups -OCH3 is 1. The molecule has 94 valence electrons. The normalized spacial score (nSPS) is 11.3. The minimum absolute atomic E-state index is 0.0601. The van der Waals surface area contributed by atoms with Gasteiger partial charge in [0.25, 0.3) is 0 Å². The molecule has 6 heteroatoms. The van der Waals surface area contributed by atoms with Gasteiger partial charge in [-0.25, -0.2) is 5.90 Å². The van der Waals surface area contributed by atoms with Crippen molar-refractivity contribution in [3.63, 3.8) is 0 Å². The SMILES string of the molecule is COc1ccc(C(C)(C)CON)cc1[N+](=O)[O-]. The lowest BCUT2D eigenvalue weighted by Gasteiger charge is -2.23. The Bertz CT molecular complexity index is 418. The Balaban J connectivity index is 3.20. The standard InChI is InChI=1S/C11H16N2O4/c1-11(2,7-17-12)8-4-5-10(16-3)9(6-8)13(14)15/h4-6H,7,12H2,1-3H3. The molecule has 1 rings (SSSR count). The van der Waals surface area contributed by atoms with Crippen molar-refractivity contribution in [2.75, 3.05) is 13.7 Å². The van der Waals surface area contributed by atoms with Crippen LogP contribution in [-0.2, 0) is 10.3 Å². The predicted molar refractivity (Wildman–Crippen MR) is 62.8 cm³/mol. The fourth-order valence-corrected chi connectivity index (χ4v) is 1.55. The van der Waals surface area contributed by atoms with Gasteiger partial charge in [0.15, 0.2) is 5.75 Å². The smallest absolute Gasteiger partial charge is 0.311 e. The largest absolute Gasteiger partial charge is 0.490 e. The Hall–Kier alpha value is -1.66. The summed E-state index contributed by atoms with van der Waals surface area (Å²) in [6, 6.07) is 4.83. The van der Waals surface area contributed by atoms with Crippen molar-refractivity contribution in [2.45, 2.75) is 19.3 Å². The Morgan fingerprint density at radius 3 is 2.59 bits per heavy atom. The molecule has 2 N–H and O–H groups in total. The van der Waals surface area contributed by atoms with E-state index in [0.29, 0.717) is 0 Å². The maximum Gasteiger partial charge on any atom is 0.311 e. The second kappa shape index (κ2) is 5.11. The van der Waals surface area contributed by atoms with Crippen LogP contribution in [0.5, 0.6) is 5.75 Å². The molecule has 17 heavy (non-hydrogen) atoms. The molecule has 1 aromatic rings. The predicted octanol–water partition coefficient (Wildman–Crippen LogP) is 1.77. The number of nitrogens with two attached hydrogens (primary N) is 1. The monoisotopic (exact) mass is 240 g/mol. The molecule has 0 fully saturated rings.